The molecule has 0 radical (unpaired) electrons. The minimum absolute atomic E-state index is 0.214. The zero-order chi connectivity index (χ0) is 18.5. The van der Waals surface area contributed by atoms with Crippen molar-refractivity contribution in [2.45, 2.75) is 18.7 Å². The highest BCUT2D eigenvalue weighted by atomic mass is 32.2. The molecule has 1 aliphatic heterocycles. The number of ether oxygens (including phenoxy) is 1. The molecule has 0 saturated carbocycles. The summed E-state index contributed by atoms with van der Waals surface area (Å²) in [6.07, 6.45) is 0. The van der Waals surface area contributed by atoms with Gasteiger partial charge in [-0.25, -0.2) is 0 Å². The van der Waals surface area contributed by atoms with E-state index in [1.807, 2.05) is 29.2 Å². The van der Waals surface area contributed by atoms with Gasteiger partial charge in [-0.05, 0) is 55.3 Å². The van der Waals surface area contributed by atoms with E-state index in [1.165, 1.54) is 16.8 Å². The number of rotatable bonds is 5. The molecule has 0 bridgehead atoms. The van der Waals surface area contributed by atoms with Gasteiger partial charge in [0.25, 0.3) is 0 Å². The number of thioether (sulfide) groups is 1. The van der Waals surface area contributed by atoms with Crippen LogP contribution in [-0.4, -0.2) is 49.8 Å². The summed E-state index contributed by atoms with van der Waals surface area (Å²) in [7, 11) is 1.66. The third kappa shape index (κ3) is 4.33. The predicted octanol–water partition coefficient (Wildman–Crippen LogP) is 3.75. The van der Waals surface area contributed by atoms with Crippen molar-refractivity contribution in [3.05, 3.63) is 53.6 Å². The van der Waals surface area contributed by atoms with Crippen LogP contribution in [0.4, 0.5) is 5.69 Å². The maximum atomic E-state index is 12.5. The van der Waals surface area contributed by atoms with Crippen molar-refractivity contribution in [3.8, 4) is 5.75 Å². The fourth-order valence-electron chi connectivity index (χ4n) is 3.18. The first-order valence-corrected chi connectivity index (χ1v) is 9.93. The fourth-order valence-corrected chi connectivity index (χ4v) is 3.98. The van der Waals surface area contributed by atoms with Crippen LogP contribution in [0.2, 0.25) is 0 Å². The molecule has 1 heterocycles. The summed E-state index contributed by atoms with van der Waals surface area (Å²) < 4.78 is 5.16. The summed E-state index contributed by atoms with van der Waals surface area (Å²) in [5, 5.41) is 0. The van der Waals surface area contributed by atoms with Crippen molar-refractivity contribution in [2.24, 2.45) is 0 Å². The first-order chi connectivity index (χ1) is 12.6. The molecule has 2 aromatic carbocycles. The third-order valence-corrected chi connectivity index (χ3v) is 5.97. The van der Waals surface area contributed by atoms with E-state index in [0.717, 1.165) is 36.8 Å². The molecule has 0 unspecified atom stereocenters. The molecule has 1 aliphatic rings. The lowest BCUT2D eigenvalue weighted by molar-refractivity contribution is -0.128. The summed E-state index contributed by atoms with van der Waals surface area (Å²) in [5.41, 5.74) is 3.95. The van der Waals surface area contributed by atoms with Gasteiger partial charge in [0.05, 0.1) is 12.9 Å². The highest BCUT2D eigenvalue weighted by Gasteiger charge is 2.22. The second-order valence-electron chi connectivity index (χ2n) is 6.55. The van der Waals surface area contributed by atoms with Gasteiger partial charge in [-0.1, -0.05) is 12.1 Å². The minimum atomic E-state index is 0.214. The van der Waals surface area contributed by atoms with Crippen molar-refractivity contribution in [2.75, 3.05) is 43.9 Å². The quantitative estimate of drug-likeness (QED) is 0.751. The summed E-state index contributed by atoms with van der Waals surface area (Å²) in [4.78, 5) is 18.0. The van der Waals surface area contributed by atoms with Gasteiger partial charge in [0.15, 0.2) is 0 Å². The van der Waals surface area contributed by atoms with Gasteiger partial charge >= 0.3 is 0 Å². The molecule has 4 nitrogen and oxygen atoms in total. The number of nitrogens with zero attached hydrogens (tertiary/aromatic N) is 2. The normalized spacial score (nSPS) is 14.4. The molecule has 5 heteroatoms. The van der Waals surface area contributed by atoms with E-state index in [4.69, 9.17) is 4.74 Å². The van der Waals surface area contributed by atoms with Crippen LogP contribution >= 0.6 is 11.8 Å². The van der Waals surface area contributed by atoms with Crippen LogP contribution in [0.3, 0.4) is 0 Å². The average Bonchev–Trinajstić information content (AvgIpc) is 2.69. The molecule has 26 heavy (non-hydrogen) atoms. The smallest absolute Gasteiger partial charge is 0.233 e. The van der Waals surface area contributed by atoms with Crippen LogP contribution in [0.5, 0.6) is 5.75 Å². The largest absolute Gasteiger partial charge is 0.497 e. The Morgan fingerprint density at radius 2 is 1.73 bits per heavy atom. The Morgan fingerprint density at radius 3 is 2.38 bits per heavy atom. The van der Waals surface area contributed by atoms with E-state index in [9.17, 15) is 4.79 Å². The number of methoxy groups -OCH3 is 1. The van der Waals surface area contributed by atoms with Crippen molar-refractivity contribution in [3.63, 3.8) is 0 Å². The molecular weight excluding hydrogens is 344 g/mol. The first-order valence-electron chi connectivity index (χ1n) is 8.94. The highest BCUT2D eigenvalue weighted by Crippen LogP contribution is 2.25. The van der Waals surface area contributed by atoms with E-state index in [2.05, 4.69) is 36.9 Å². The molecule has 1 fully saturated rings. The number of hydrogen-bond donors (Lipinski definition) is 0. The van der Waals surface area contributed by atoms with Crippen LogP contribution in [0.15, 0.2) is 47.4 Å². The minimum Gasteiger partial charge on any atom is -0.497 e. The van der Waals surface area contributed by atoms with Crippen LogP contribution in [0.25, 0.3) is 0 Å². The van der Waals surface area contributed by atoms with E-state index in [1.54, 1.807) is 18.9 Å². The number of piperazine rings is 1. The number of carbonyl (C=O) groups is 1. The van der Waals surface area contributed by atoms with E-state index >= 15 is 0 Å². The number of anilines is 1. The van der Waals surface area contributed by atoms with Gasteiger partial charge in [0, 0.05) is 36.8 Å². The molecule has 0 spiro atoms. The number of aryl methyl sites for hydroxylation is 1. The predicted molar refractivity (Wildman–Crippen MR) is 108 cm³/mol. The molecular formula is C21H26N2O2S. The van der Waals surface area contributed by atoms with E-state index < -0.39 is 0 Å². The van der Waals surface area contributed by atoms with E-state index in [-0.39, 0.29) is 5.91 Å². The summed E-state index contributed by atoms with van der Waals surface area (Å²) >= 11 is 1.58. The Kier molecular flexibility index (Phi) is 6.09. The molecule has 0 N–H and O–H groups in total. The number of amides is 1. The summed E-state index contributed by atoms with van der Waals surface area (Å²) in [6, 6.07) is 14.3. The molecule has 138 valence electrons. The molecule has 0 aromatic heterocycles. The lowest BCUT2D eigenvalue weighted by atomic mass is 10.1. The summed E-state index contributed by atoms with van der Waals surface area (Å²) in [6.45, 7) is 7.68. The van der Waals surface area contributed by atoms with Crippen LogP contribution in [0, 0.1) is 13.8 Å². The number of benzene rings is 2. The first kappa shape index (κ1) is 18.6. The zero-order valence-electron chi connectivity index (χ0n) is 15.7. The second kappa shape index (κ2) is 8.49. The lowest BCUT2D eigenvalue weighted by Gasteiger charge is -2.37. The van der Waals surface area contributed by atoms with Crippen LogP contribution in [-0.2, 0) is 4.79 Å². The maximum Gasteiger partial charge on any atom is 0.233 e. The van der Waals surface area contributed by atoms with E-state index in [0.29, 0.717) is 5.75 Å². The standard InChI is InChI=1S/C21H26N2O2S/c1-16-5-4-6-20(17(16)2)22-11-13-23(14-12-22)21(24)15-26-19-9-7-18(25-3)8-10-19/h4-10H,11-15H2,1-3H3. The van der Waals surface area contributed by atoms with Gasteiger partial charge in [-0.2, -0.15) is 0 Å². The molecule has 3 rings (SSSR count). The Morgan fingerprint density at radius 1 is 1.04 bits per heavy atom. The SMILES string of the molecule is COc1ccc(SCC(=O)N2CCN(c3cccc(C)c3C)CC2)cc1. The Bertz CT molecular complexity index is 753. The monoisotopic (exact) mass is 370 g/mol. The Labute approximate surface area is 160 Å². The molecule has 1 saturated heterocycles. The van der Waals surface area contributed by atoms with Crippen LogP contribution < -0.4 is 9.64 Å². The van der Waals surface area contributed by atoms with Crippen LogP contribution in [0.1, 0.15) is 11.1 Å². The van der Waals surface area contributed by atoms with Gasteiger partial charge in [0.2, 0.25) is 5.91 Å². The number of carbonyl (C=O) groups excluding carboxylic acids is 1. The molecule has 0 atom stereocenters. The summed E-state index contributed by atoms with van der Waals surface area (Å²) in [5.74, 6) is 1.53. The van der Waals surface area contributed by atoms with Crippen molar-refractivity contribution in [1.29, 1.82) is 0 Å². The van der Waals surface area contributed by atoms with Gasteiger partial charge in [-0.3, -0.25) is 4.79 Å². The second-order valence-corrected chi connectivity index (χ2v) is 7.60. The molecule has 2 aromatic rings. The topological polar surface area (TPSA) is 32.8 Å². The van der Waals surface area contributed by atoms with Gasteiger partial charge in [0.1, 0.15) is 5.75 Å². The molecule has 1 amide bonds. The fraction of sp³-hybridized carbons (Fsp3) is 0.381. The third-order valence-electron chi connectivity index (χ3n) is 4.97. The molecule has 0 aliphatic carbocycles. The average molecular weight is 371 g/mol. The van der Waals surface area contributed by atoms with Gasteiger partial charge in [-0.15, -0.1) is 11.8 Å². The van der Waals surface area contributed by atoms with Crippen molar-refractivity contribution >= 4 is 23.4 Å². The highest BCUT2D eigenvalue weighted by molar-refractivity contribution is 8.00. The van der Waals surface area contributed by atoms with Crippen molar-refractivity contribution in [1.82, 2.24) is 4.90 Å². The zero-order valence-corrected chi connectivity index (χ0v) is 16.5. The lowest BCUT2D eigenvalue weighted by Crippen LogP contribution is -2.49. The van der Waals surface area contributed by atoms with Crippen molar-refractivity contribution < 1.29 is 9.53 Å². The Hall–Kier alpha value is -2.14. The Balaban J connectivity index is 1.51. The van der Waals surface area contributed by atoms with Gasteiger partial charge < -0.3 is 14.5 Å². The maximum absolute atomic E-state index is 12.5. The number of hydrogen-bond acceptors (Lipinski definition) is 4.